The largest absolute Gasteiger partial charge is 0.469 e. The molecule has 0 aromatic carbocycles. The number of carbonyl (C=O) groups is 4. The zero-order valence-electron chi connectivity index (χ0n) is 25.8. The fourth-order valence-corrected chi connectivity index (χ4v) is 5.03. The van der Waals surface area contributed by atoms with Crippen molar-refractivity contribution in [2.45, 2.75) is 40.5 Å². The molecule has 0 spiro atoms. The number of piperazine rings is 1. The number of hydrogen-bond donors (Lipinski definition) is 2. The van der Waals surface area contributed by atoms with Crippen molar-refractivity contribution in [3.8, 4) is 0 Å². The quantitative estimate of drug-likeness (QED) is 0.135. The maximum absolute atomic E-state index is 12.3. The summed E-state index contributed by atoms with van der Waals surface area (Å²) in [5.41, 5.74) is -1.55. The van der Waals surface area contributed by atoms with Crippen molar-refractivity contribution >= 4 is 23.9 Å². The Bertz CT molecular complexity index is 746. The van der Waals surface area contributed by atoms with Gasteiger partial charge < -0.3 is 29.6 Å². The Hall–Kier alpha value is -2.28. The molecule has 1 aliphatic rings. The smallest absolute Gasteiger partial charge is 0.311 e. The van der Waals surface area contributed by atoms with Gasteiger partial charge in [0.15, 0.2) is 0 Å². The molecule has 1 rings (SSSR count). The molecule has 12 heteroatoms. The lowest BCUT2D eigenvalue weighted by Crippen LogP contribution is -2.50. The van der Waals surface area contributed by atoms with Crippen LogP contribution < -0.4 is 10.6 Å². The van der Waals surface area contributed by atoms with Crippen molar-refractivity contribution in [2.75, 3.05) is 93.9 Å². The van der Waals surface area contributed by atoms with Gasteiger partial charge in [0, 0.05) is 65.4 Å². The summed E-state index contributed by atoms with van der Waals surface area (Å²) in [7, 11) is 5.42. The van der Waals surface area contributed by atoms with Crippen LogP contribution in [0.1, 0.15) is 40.5 Å². The fraction of sp³-hybridized carbons (Fsp3) is 0.857. The molecule has 2 unspecified atom stereocenters. The highest BCUT2D eigenvalue weighted by Crippen LogP contribution is 2.28. The van der Waals surface area contributed by atoms with Crippen molar-refractivity contribution in [1.82, 2.24) is 20.4 Å². The lowest BCUT2D eigenvalue weighted by atomic mass is 9.82. The minimum absolute atomic E-state index is 0.336. The molecule has 2 atom stereocenters. The monoisotopic (exact) mass is 572 g/mol. The van der Waals surface area contributed by atoms with Crippen LogP contribution >= 0.6 is 0 Å². The van der Waals surface area contributed by atoms with E-state index in [0.717, 1.165) is 52.4 Å². The van der Waals surface area contributed by atoms with E-state index in [2.05, 4.69) is 20.4 Å². The topological polar surface area (TPSA) is 136 Å². The van der Waals surface area contributed by atoms with Crippen LogP contribution in [0.2, 0.25) is 0 Å². The summed E-state index contributed by atoms with van der Waals surface area (Å²) < 4.78 is 19.6. The molecule has 1 aliphatic heterocycles. The van der Waals surface area contributed by atoms with Crippen molar-refractivity contribution in [1.29, 1.82) is 0 Å². The Morgan fingerprint density at radius 1 is 0.625 bits per heavy atom. The molecule has 0 bridgehead atoms. The molecule has 40 heavy (non-hydrogen) atoms. The number of ether oxygens (including phenoxy) is 4. The lowest BCUT2D eigenvalue weighted by molar-refractivity contribution is -0.155. The normalized spacial score (nSPS) is 16.6. The summed E-state index contributed by atoms with van der Waals surface area (Å²) in [6.07, 6.45) is 0.685. The highest BCUT2D eigenvalue weighted by molar-refractivity contribution is 5.79. The van der Waals surface area contributed by atoms with Gasteiger partial charge in [-0.25, -0.2) is 0 Å². The Morgan fingerprint density at radius 3 is 1.23 bits per heavy atom. The van der Waals surface area contributed by atoms with Crippen LogP contribution in [0.25, 0.3) is 0 Å². The zero-order chi connectivity index (χ0) is 30.3. The number of nitrogens with zero attached hydrogens (tertiary/aromatic N) is 2. The van der Waals surface area contributed by atoms with Gasteiger partial charge in [0.2, 0.25) is 0 Å². The number of carbonyl (C=O) groups excluding carboxylic acids is 4. The Kier molecular flexibility index (Phi) is 15.7. The molecular weight excluding hydrogens is 520 g/mol. The third-order valence-electron chi connectivity index (χ3n) is 7.51. The summed E-state index contributed by atoms with van der Waals surface area (Å²) >= 11 is 0. The number of methoxy groups -OCH3 is 4. The first-order valence-corrected chi connectivity index (χ1v) is 14.0. The summed E-state index contributed by atoms with van der Waals surface area (Å²) in [6, 6.07) is 0. The first-order chi connectivity index (χ1) is 18.8. The van der Waals surface area contributed by atoms with Gasteiger partial charge in [-0.3, -0.25) is 29.0 Å². The summed E-state index contributed by atoms with van der Waals surface area (Å²) in [5.74, 6) is -2.24. The van der Waals surface area contributed by atoms with E-state index in [0.29, 0.717) is 25.9 Å². The molecule has 2 N–H and O–H groups in total. The van der Waals surface area contributed by atoms with E-state index >= 15 is 0 Å². The van der Waals surface area contributed by atoms with Crippen LogP contribution in [0.15, 0.2) is 0 Å². The maximum atomic E-state index is 12.3. The van der Waals surface area contributed by atoms with Crippen LogP contribution in [-0.4, -0.2) is 128 Å². The SMILES string of the molecule is COC(=O)C(CNCCN1CCN(CCNCC(CC(C)(C)C(=O)OC)C(=O)OC)CC1)CC(C)(C)C(=O)OC. The second-order valence-corrected chi connectivity index (χ2v) is 11.7. The zero-order valence-corrected chi connectivity index (χ0v) is 25.8. The molecule has 232 valence electrons. The molecule has 1 saturated heterocycles. The van der Waals surface area contributed by atoms with Crippen LogP contribution in [-0.2, 0) is 38.1 Å². The molecule has 0 radical (unpaired) electrons. The van der Waals surface area contributed by atoms with E-state index in [4.69, 9.17) is 18.9 Å². The summed E-state index contributed by atoms with van der Waals surface area (Å²) in [6.45, 7) is 14.9. The Balaban J connectivity index is 2.36. The number of rotatable bonds is 18. The van der Waals surface area contributed by atoms with Gasteiger partial charge >= 0.3 is 23.9 Å². The van der Waals surface area contributed by atoms with Gasteiger partial charge in [0.05, 0.1) is 51.1 Å². The second kappa shape index (κ2) is 17.5. The van der Waals surface area contributed by atoms with Crippen LogP contribution in [0.3, 0.4) is 0 Å². The van der Waals surface area contributed by atoms with Gasteiger partial charge in [-0.1, -0.05) is 0 Å². The van der Waals surface area contributed by atoms with Gasteiger partial charge in [-0.15, -0.1) is 0 Å². The highest BCUT2D eigenvalue weighted by Gasteiger charge is 2.36. The lowest BCUT2D eigenvalue weighted by Gasteiger charge is -2.35. The summed E-state index contributed by atoms with van der Waals surface area (Å²) in [5, 5.41) is 6.69. The maximum Gasteiger partial charge on any atom is 0.311 e. The standard InChI is InChI=1S/C28H52N4O8/c1-27(2,25(35)39-7)17-21(23(33)37-5)19-29-9-11-31-13-15-32(16-14-31)12-10-30-20-22(24(34)38-6)18-28(3,4)26(36)40-8/h21-22,29-30H,9-20H2,1-8H3. The fourth-order valence-electron chi connectivity index (χ4n) is 5.03. The number of esters is 4. The average Bonchev–Trinajstić information content (AvgIpc) is 2.94. The van der Waals surface area contributed by atoms with Gasteiger partial charge in [-0.05, 0) is 40.5 Å². The summed E-state index contributed by atoms with van der Waals surface area (Å²) in [4.78, 5) is 53.3. The van der Waals surface area contributed by atoms with Crippen LogP contribution in [0.4, 0.5) is 0 Å². The van der Waals surface area contributed by atoms with E-state index in [1.54, 1.807) is 27.7 Å². The van der Waals surface area contributed by atoms with E-state index in [-0.39, 0.29) is 23.9 Å². The van der Waals surface area contributed by atoms with Crippen molar-refractivity contribution in [3.63, 3.8) is 0 Å². The van der Waals surface area contributed by atoms with E-state index < -0.39 is 22.7 Å². The molecular formula is C28H52N4O8. The van der Waals surface area contributed by atoms with Crippen molar-refractivity contribution < 1.29 is 38.1 Å². The highest BCUT2D eigenvalue weighted by atomic mass is 16.5. The molecule has 0 aromatic rings. The first kappa shape index (κ1) is 35.7. The minimum atomic E-state index is -0.777. The predicted octanol–water partition coefficient (Wildman–Crippen LogP) is 0.540. The second-order valence-electron chi connectivity index (χ2n) is 11.7. The Morgan fingerprint density at radius 2 is 0.950 bits per heavy atom. The van der Waals surface area contributed by atoms with Gasteiger partial charge in [0.1, 0.15) is 0 Å². The average molecular weight is 573 g/mol. The number of hydrogen-bond acceptors (Lipinski definition) is 12. The molecule has 12 nitrogen and oxygen atoms in total. The molecule has 0 amide bonds. The first-order valence-electron chi connectivity index (χ1n) is 14.0. The van der Waals surface area contributed by atoms with Crippen molar-refractivity contribution in [3.05, 3.63) is 0 Å². The third kappa shape index (κ3) is 12.1. The molecule has 0 aromatic heterocycles. The minimum Gasteiger partial charge on any atom is -0.469 e. The van der Waals surface area contributed by atoms with Gasteiger partial charge in [-0.2, -0.15) is 0 Å². The predicted molar refractivity (Wildman–Crippen MR) is 150 cm³/mol. The van der Waals surface area contributed by atoms with E-state index in [1.165, 1.54) is 28.4 Å². The van der Waals surface area contributed by atoms with E-state index in [9.17, 15) is 19.2 Å². The van der Waals surface area contributed by atoms with Crippen LogP contribution in [0.5, 0.6) is 0 Å². The van der Waals surface area contributed by atoms with E-state index in [1.807, 2.05) is 0 Å². The van der Waals surface area contributed by atoms with Crippen molar-refractivity contribution in [2.24, 2.45) is 22.7 Å². The third-order valence-corrected chi connectivity index (χ3v) is 7.51. The molecule has 0 saturated carbocycles. The molecule has 1 heterocycles. The number of nitrogens with one attached hydrogen (secondary N) is 2. The molecule has 0 aliphatic carbocycles. The van der Waals surface area contributed by atoms with Crippen LogP contribution in [0, 0.1) is 22.7 Å². The van der Waals surface area contributed by atoms with Gasteiger partial charge in [0.25, 0.3) is 0 Å². The molecule has 1 fully saturated rings. The Labute approximate surface area is 239 Å².